The second-order valence-corrected chi connectivity index (χ2v) is 8.73. The van der Waals surface area contributed by atoms with Crippen molar-refractivity contribution in [2.24, 2.45) is 0 Å². The van der Waals surface area contributed by atoms with Gasteiger partial charge >= 0.3 is 0 Å². The summed E-state index contributed by atoms with van der Waals surface area (Å²) in [5, 5.41) is 2.96. The average molecular weight is 466 g/mol. The van der Waals surface area contributed by atoms with Gasteiger partial charge in [-0.05, 0) is 42.5 Å². The molecule has 0 aliphatic heterocycles. The summed E-state index contributed by atoms with van der Waals surface area (Å²) in [5.41, 5.74) is 0.572. The van der Waals surface area contributed by atoms with Crippen LogP contribution in [0.2, 0.25) is 10.0 Å². The number of sulfonamides is 1. The van der Waals surface area contributed by atoms with Crippen molar-refractivity contribution in [3.63, 3.8) is 0 Å². The van der Waals surface area contributed by atoms with E-state index in [-0.39, 0.29) is 28.0 Å². The second-order valence-electron chi connectivity index (χ2n) is 5.06. The number of carbonyl (C=O) groups excluding carboxylic acids is 1. The lowest BCUT2D eigenvalue weighted by Gasteiger charge is -2.21. The molecule has 1 N–H and O–H groups in total. The predicted octanol–water partition coefficient (Wildman–Crippen LogP) is 4.41. The van der Waals surface area contributed by atoms with E-state index < -0.39 is 15.9 Å². The van der Waals surface area contributed by atoms with E-state index in [0.29, 0.717) is 5.69 Å². The molecule has 0 unspecified atom stereocenters. The second kappa shape index (κ2) is 8.51. The van der Waals surface area contributed by atoms with Crippen molar-refractivity contribution in [1.29, 1.82) is 0 Å². The Labute approximate surface area is 165 Å². The number of halogens is 3. The lowest BCUT2D eigenvalue weighted by atomic mass is 10.3. The molecular weight excluding hydrogens is 451 g/mol. The molecule has 0 heterocycles. The van der Waals surface area contributed by atoms with Gasteiger partial charge in [0.1, 0.15) is 4.90 Å². The highest BCUT2D eigenvalue weighted by molar-refractivity contribution is 9.10. The molecule has 2 aromatic carbocycles. The van der Waals surface area contributed by atoms with Crippen LogP contribution in [0.1, 0.15) is 6.92 Å². The molecule has 134 valence electrons. The first-order valence-corrected chi connectivity index (χ1v) is 10.2. The van der Waals surface area contributed by atoms with Gasteiger partial charge in [0.2, 0.25) is 15.9 Å². The summed E-state index contributed by atoms with van der Waals surface area (Å²) >= 11 is 15.2. The largest absolute Gasteiger partial charge is 0.325 e. The third kappa shape index (κ3) is 5.18. The average Bonchev–Trinajstić information content (AvgIpc) is 2.56. The van der Waals surface area contributed by atoms with Crippen LogP contribution in [0.5, 0.6) is 0 Å². The van der Waals surface area contributed by atoms with Crippen molar-refractivity contribution >= 4 is 60.7 Å². The molecule has 25 heavy (non-hydrogen) atoms. The minimum Gasteiger partial charge on any atom is -0.325 e. The van der Waals surface area contributed by atoms with E-state index in [1.54, 1.807) is 31.2 Å². The Morgan fingerprint density at radius 3 is 2.40 bits per heavy atom. The molecule has 0 bridgehead atoms. The van der Waals surface area contributed by atoms with Gasteiger partial charge in [0.25, 0.3) is 0 Å². The standard InChI is InChI=1S/C16H15BrCl2N2O3S/c1-2-21(10-16(22)20-13-6-3-11(17)4-7-13)25(23,24)15-9-12(18)5-8-14(15)19/h3-9H,2,10H2,1H3,(H,20,22). The molecule has 0 radical (unpaired) electrons. The van der Waals surface area contributed by atoms with Crippen molar-refractivity contribution in [1.82, 2.24) is 4.31 Å². The first kappa shape index (κ1) is 20.2. The maximum Gasteiger partial charge on any atom is 0.245 e. The monoisotopic (exact) mass is 464 g/mol. The van der Waals surface area contributed by atoms with Gasteiger partial charge in [-0.25, -0.2) is 8.42 Å². The van der Waals surface area contributed by atoms with E-state index in [1.165, 1.54) is 18.2 Å². The zero-order valence-corrected chi connectivity index (χ0v) is 17.1. The number of rotatable bonds is 6. The van der Waals surface area contributed by atoms with E-state index >= 15 is 0 Å². The molecule has 1 amide bonds. The number of hydrogen-bond donors (Lipinski definition) is 1. The van der Waals surface area contributed by atoms with Gasteiger partial charge in [-0.3, -0.25) is 4.79 Å². The fourth-order valence-corrected chi connectivity index (χ4v) is 4.48. The Morgan fingerprint density at radius 1 is 1.16 bits per heavy atom. The highest BCUT2D eigenvalue weighted by Crippen LogP contribution is 2.27. The molecule has 9 heteroatoms. The fourth-order valence-electron chi connectivity index (χ4n) is 2.07. The highest BCUT2D eigenvalue weighted by Gasteiger charge is 2.27. The number of anilines is 1. The third-order valence-corrected chi connectivity index (χ3v) is 6.48. The molecule has 0 aliphatic carbocycles. The zero-order valence-electron chi connectivity index (χ0n) is 13.2. The molecular formula is C16H15BrCl2N2O3S. The first-order valence-electron chi connectivity index (χ1n) is 7.24. The van der Waals surface area contributed by atoms with Crippen LogP contribution in [0.25, 0.3) is 0 Å². The Balaban J connectivity index is 2.19. The third-order valence-electron chi connectivity index (χ3n) is 3.31. The Kier molecular flexibility index (Phi) is 6.87. The minimum atomic E-state index is -3.95. The molecule has 0 saturated heterocycles. The number of nitrogens with one attached hydrogen (secondary N) is 1. The van der Waals surface area contributed by atoms with Gasteiger partial charge < -0.3 is 5.32 Å². The molecule has 0 spiro atoms. The molecule has 0 fully saturated rings. The first-order chi connectivity index (χ1) is 11.7. The van der Waals surface area contributed by atoms with E-state index in [2.05, 4.69) is 21.2 Å². The van der Waals surface area contributed by atoms with Crippen LogP contribution >= 0.6 is 39.1 Å². The van der Waals surface area contributed by atoms with Crippen molar-refractivity contribution in [2.75, 3.05) is 18.4 Å². The molecule has 0 aliphatic rings. The van der Waals surface area contributed by atoms with Crippen molar-refractivity contribution in [3.8, 4) is 0 Å². The van der Waals surface area contributed by atoms with Gasteiger partial charge in [-0.2, -0.15) is 4.31 Å². The molecule has 2 aromatic rings. The van der Waals surface area contributed by atoms with Crippen molar-refractivity contribution < 1.29 is 13.2 Å². The summed E-state index contributed by atoms with van der Waals surface area (Å²) in [4.78, 5) is 12.1. The van der Waals surface area contributed by atoms with Crippen LogP contribution in [0, 0.1) is 0 Å². The Hall–Kier alpha value is -1.12. The van der Waals surface area contributed by atoms with Crippen LogP contribution in [0.3, 0.4) is 0 Å². The van der Waals surface area contributed by atoms with Gasteiger partial charge in [0.05, 0.1) is 11.6 Å². The van der Waals surface area contributed by atoms with Crippen molar-refractivity contribution in [2.45, 2.75) is 11.8 Å². The lowest BCUT2D eigenvalue weighted by molar-refractivity contribution is -0.116. The number of hydrogen-bond acceptors (Lipinski definition) is 3. The van der Waals surface area contributed by atoms with E-state index in [4.69, 9.17) is 23.2 Å². The summed E-state index contributed by atoms with van der Waals surface area (Å²) in [6, 6.07) is 11.1. The molecule has 0 saturated carbocycles. The van der Waals surface area contributed by atoms with Gasteiger partial charge in [0.15, 0.2) is 0 Å². The quantitative estimate of drug-likeness (QED) is 0.687. The Bertz CT molecular complexity index is 873. The van der Waals surface area contributed by atoms with Gasteiger partial charge in [-0.15, -0.1) is 0 Å². The van der Waals surface area contributed by atoms with E-state index in [9.17, 15) is 13.2 Å². The molecule has 0 aromatic heterocycles. The summed E-state index contributed by atoms with van der Waals surface area (Å²) in [7, 11) is -3.95. The highest BCUT2D eigenvalue weighted by atomic mass is 79.9. The van der Waals surface area contributed by atoms with E-state index in [0.717, 1.165) is 8.78 Å². The Morgan fingerprint density at radius 2 is 1.80 bits per heavy atom. The summed E-state index contributed by atoms with van der Waals surface area (Å²) < 4.78 is 27.4. The maximum atomic E-state index is 12.8. The molecule has 2 rings (SSSR count). The number of nitrogens with zero attached hydrogens (tertiary/aromatic N) is 1. The van der Waals surface area contributed by atoms with Crippen LogP contribution in [0.4, 0.5) is 5.69 Å². The predicted molar refractivity (Wildman–Crippen MR) is 104 cm³/mol. The molecule has 0 atom stereocenters. The normalized spacial score (nSPS) is 11.6. The topological polar surface area (TPSA) is 66.5 Å². The number of carbonyl (C=O) groups is 1. The summed E-state index contributed by atoms with van der Waals surface area (Å²) in [6.45, 7) is 1.42. The van der Waals surface area contributed by atoms with E-state index in [1.807, 2.05) is 0 Å². The number of likely N-dealkylation sites (N-methyl/N-ethyl adjacent to an activating group) is 1. The van der Waals surface area contributed by atoms with Crippen LogP contribution in [0.15, 0.2) is 51.8 Å². The van der Waals surface area contributed by atoms with Gasteiger partial charge in [0, 0.05) is 21.7 Å². The lowest BCUT2D eigenvalue weighted by Crippen LogP contribution is -2.38. The molecule has 5 nitrogen and oxygen atoms in total. The zero-order chi connectivity index (χ0) is 18.6. The van der Waals surface area contributed by atoms with Crippen molar-refractivity contribution in [3.05, 3.63) is 57.0 Å². The van der Waals surface area contributed by atoms with Crippen LogP contribution < -0.4 is 5.32 Å². The summed E-state index contributed by atoms with van der Waals surface area (Å²) in [6.07, 6.45) is 0. The maximum absolute atomic E-state index is 12.8. The SMILES string of the molecule is CCN(CC(=O)Nc1ccc(Br)cc1)S(=O)(=O)c1cc(Cl)ccc1Cl. The number of amides is 1. The summed E-state index contributed by atoms with van der Waals surface area (Å²) in [5.74, 6) is -0.453. The smallest absolute Gasteiger partial charge is 0.245 e. The fraction of sp³-hybridized carbons (Fsp3) is 0.188. The van der Waals surface area contributed by atoms with Crippen LogP contribution in [-0.4, -0.2) is 31.7 Å². The van der Waals surface area contributed by atoms with Gasteiger partial charge in [-0.1, -0.05) is 46.1 Å². The minimum absolute atomic E-state index is 0.0520. The van der Waals surface area contributed by atoms with Crippen LogP contribution in [-0.2, 0) is 14.8 Å². The number of benzene rings is 2.